The number of aromatic nitrogens is 1. The molecule has 0 aromatic carbocycles. The molecule has 0 saturated carbocycles. The van der Waals surface area contributed by atoms with Crippen LogP contribution in [0.4, 0.5) is 11.5 Å². The number of nitrogens with two attached hydrogens (primary N) is 2. The molecule has 2 heterocycles. The normalized spacial score (nSPS) is 23.1. The van der Waals surface area contributed by atoms with E-state index in [0.717, 1.165) is 14.8 Å². The van der Waals surface area contributed by atoms with Gasteiger partial charge in [-0.15, -0.1) is 0 Å². The monoisotopic (exact) mass is 345 g/mol. The quantitative estimate of drug-likeness (QED) is 0.625. The highest BCUT2D eigenvalue weighted by atomic mass is 127. The molecular weight excluding hydrogens is 329 g/mol. The molecule has 1 atom stereocenters. The van der Waals surface area contributed by atoms with Crippen molar-refractivity contribution in [3.8, 4) is 0 Å². The minimum atomic E-state index is -0.826. The maximum absolute atomic E-state index is 6.30. The van der Waals surface area contributed by atoms with Crippen LogP contribution in [0.2, 0.25) is 0 Å². The van der Waals surface area contributed by atoms with Gasteiger partial charge in [-0.25, -0.2) is 9.98 Å². The summed E-state index contributed by atoms with van der Waals surface area (Å²) in [6.45, 7) is 6.12. The average molecular weight is 345 g/mol. The number of halogens is 1. The number of nitrogens with zero attached hydrogens (tertiary/aromatic N) is 2. The first-order valence-corrected chi connectivity index (χ1v) is 6.39. The van der Waals surface area contributed by atoms with E-state index in [1.807, 2.05) is 20.8 Å². The molecule has 1 aliphatic heterocycles. The highest BCUT2D eigenvalue weighted by Gasteiger charge is 2.40. The average Bonchev–Trinajstić information content (AvgIpc) is 2.22. The molecule has 0 aliphatic carbocycles. The Bertz CT molecular complexity index is 491. The summed E-state index contributed by atoms with van der Waals surface area (Å²) in [4.78, 5) is 8.49. The molecule has 0 fully saturated rings. The van der Waals surface area contributed by atoms with E-state index >= 15 is 0 Å². The highest BCUT2D eigenvalue weighted by Crippen LogP contribution is 2.37. The first-order valence-electron chi connectivity index (χ1n) is 5.31. The van der Waals surface area contributed by atoms with Crippen LogP contribution in [0.3, 0.4) is 0 Å². The Hall–Kier alpha value is -0.890. The third-order valence-corrected chi connectivity index (χ3v) is 3.78. The van der Waals surface area contributed by atoms with Crippen LogP contribution in [-0.2, 0) is 0 Å². The first kappa shape index (κ1) is 12.6. The summed E-state index contributed by atoms with van der Waals surface area (Å²) in [5.74, 6) is -0.360. The van der Waals surface area contributed by atoms with Crippen LogP contribution in [0.1, 0.15) is 26.3 Å². The molecule has 1 unspecified atom stereocenters. The minimum Gasteiger partial charge on any atom is -0.383 e. The molecule has 5 N–H and O–H groups in total. The van der Waals surface area contributed by atoms with Gasteiger partial charge in [0.2, 0.25) is 0 Å². The lowest BCUT2D eigenvalue weighted by Crippen LogP contribution is -2.57. The molecule has 1 aromatic heterocycles. The Morgan fingerprint density at radius 3 is 2.65 bits per heavy atom. The van der Waals surface area contributed by atoms with Gasteiger partial charge in [-0.1, -0.05) is 20.8 Å². The largest absolute Gasteiger partial charge is 0.383 e. The van der Waals surface area contributed by atoms with Crippen LogP contribution in [0.5, 0.6) is 0 Å². The summed E-state index contributed by atoms with van der Waals surface area (Å²) in [6.07, 6.45) is 3.44. The van der Waals surface area contributed by atoms with Crippen LogP contribution in [0, 0.1) is 8.99 Å². The topological polar surface area (TPSA) is 89.3 Å². The zero-order valence-corrected chi connectivity index (χ0v) is 12.2. The first-order chi connectivity index (χ1) is 7.74. The molecule has 0 radical (unpaired) electrons. The lowest BCUT2D eigenvalue weighted by molar-refractivity contribution is 0.228. The minimum absolute atomic E-state index is 0.206. The van der Waals surface area contributed by atoms with Gasteiger partial charge in [-0.2, -0.15) is 0 Å². The maximum Gasteiger partial charge on any atom is 0.187 e. The zero-order valence-electron chi connectivity index (χ0n) is 10.1. The van der Waals surface area contributed by atoms with Gasteiger partial charge in [0, 0.05) is 17.8 Å². The predicted molar refractivity (Wildman–Crippen MR) is 79.0 cm³/mol. The second-order valence-electron chi connectivity index (χ2n) is 5.18. The van der Waals surface area contributed by atoms with Crippen LogP contribution >= 0.6 is 22.6 Å². The number of nitrogens with one attached hydrogen (secondary N) is 1. The van der Waals surface area contributed by atoms with E-state index in [1.54, 1.807) is 12.4 Å². The summed E-state index contributed by atoms with van der Waals surface area (Å²) in [6, 6.07) is 0. The molecule has 1 aromatic rings. The van der Waals surface area contributed by atoms with E-state index in [9.17, 15) is 0 Å². The van der Waals surface area contributed by atoms with Crippen LogP contribution in [0.15, 0.2) is 11.2 Å². The molecule has 2 rings (SSSR count). The highest BCUT2D eigenvalue weighted by molar-refractivity contribution is 14.1. The lowest BCUT2D eigenvalue weighted by Gasteiger charge is -2.41. The second-order valence-corrected chi connectivity index (χ2v) is 6.34. The van der Waals surface area contributed by atoms with E-state index in [-0.39, 0.29) is 5.41 Å². The fraction of sp³-hybridized carbons (Fsp3) is 0.455. The van der Waals surface area contributed by atoms with Crippen LogP contribution < -0.4 is 16.8 Å². The van der Waals surface area contributed by atoms with Crippen molar-refractivity contribution >= 4 is 40.3 Å². The van der Waals surface area contributed by atoms with Crippen molar-refractivity contribution in [2.24, 2.45) is 16.1 Å². The molecule has 5 nitrogen and oxygen atoms in total. The van der Waals surface area contributed by atoms with E-state index in [0.29, 0.717) is 5.82 Å². The molecular formula is C11H16IN5. The van der Waals surface area contributed by atoms with Crippen LogP contribution in [0.25, 0.3) is 0 Å². The third kappa shape index (κ3) is 1.99. The molecule has 6 heteroatoms. The fourth-order valence-corrected chi connectivity index (χ4v) is 2.11. The number of anilines is 2. The van der Waals surface area contributed by atoms with Crippen molar-refractivity contribution in [2.75, 3.05) is 11.1 Å². The van der Waals surface area contributed by atoms with Crippen molar-refractivity contribution in [1.82, 2.24) is 4.98 Å². The molecule has 0 bridgehead atoms. The Morgan fingerprint density at radius 1 is 1.41 bits per heavy atom. The Morgan fingerprint density at radius 2 is 2.06 bits per heavy atom. The third-order valence-electron chi connectivity index (χ3n) is 2.96. The molecule has 92 valence electrons. The number of aliphatic imine (C=N–C) groups is 1. The van der Waals surface area contributed by atoms with E-state index in [4.69, 9.17) is 11.5 Å². The van der Waals surface area contributed by atoms with Crippen molar-refractivity contribution in [2.45, 2.75) is 26.6 Å². The smallest absolute Gasteiger partial charge is 0.187 e. The number of pyridine rings is 1. The fourth-order valence-electron chi connectivity index (χ4n) is 1.55. The molecule has 0 amide bonds. The van der Waals surface area contributed by atoms with Gasteiger partial charge >= 0.3 is 0 Å². The molecule has 17 heavy (non-hydrogen) atoms. The summed E-state index contributed by atoms with van der Waals surface area (Å²) < 4.78 is 0.983. The molecule has 0 saturated heterocycles. The Kier molecular flexibility index (Phi) is 2.81. The van der Waals surface area contributed by atoms with Gasteiger partial charge in [-0.3, -0.25) is 5.73 Å². The number of nitrogen functional groups attached to an aromatic ring is 1. The summed E-state index contributed by atoms with van der Waals surface area (Å²) in [5, 5.41) is 3.27. The van der Waals surface area contributed by atoms with E-state index in [1.165, 1.54) is 0 Å². The van der Waals surface area contributed by atoms with Crippen molar-refractivity contribution in [3.63, 3.8) is 0 Å². The standard InChI is InChI=1S/C11H16IN5/c1-10(2,3)11(14)16-4-6-8(17-11)7(12)5-15-9(6)13/h4-5,17H,14H2,1-3H3,(H2,13,15). The summed E-state index contributed by atoms with van der Waals surface area (Å²) in [5.41, 5.74) is 13.6. The summed E-state index contributed by atoms with van der Waals surface area (Å²) >= 11 is 2.21. The molecule has 1 aliphatic rings. The number of fused-ring (bicyclic) bond motifs is 1. The lowest BCUT2D eigenvalue weighted by atomic mass is 9.86. The van der Waals surface area contributed by atoms with Gasteiger partial charge in [0.05, 0.1) is 14.8 Å². The van der Waals surface area contributed by atoms with Crippen molar-refractivity contribution in [1.29, 1.82) is 0 Å². The second kappa shape index (κ2) is 3.81. The molecule has 0 spiro atoms. The predicted octanol–water partition coefficient (Wildman–Crippen LogP) is 1.77. The Balaban J connectivity index is 2.55. The Labute approximate surface area is 114 Å². The van der Waals surface area contributed by atoms with Crippen molar-refractivity contribution < 1.29 is 0 Å². The SMILES string of the molecule is CC(C)(C)C1(N)N=Cc2c(N)ncc(I)c2N1. The number of hydrogen-bond acceptors (Lipinski definition) is 5. The van der Waals surface area contributed by atoms with Gasteiger partial charge in [0.1, 0.15) is 5.82 Å². The van der Waals surface area contributed by atoms with Crippen molar-refractivity contribution in [3.05, 3.63) is 15.3 Å². The summed E-state index contributed by atoms with van der Waals surface area (Å²) in [7, 11) is 0. The van der Waals surface area contributed by atoms with E-state index < -0.39 is 5.79 Å². The van der Waals surface area contributed by atoms with Gasteiger partial charge in [0.15, 0.2) is 5.79 Å². The van der Waals surface area contributed by atoms with E-state index in [2.05, 4.69) is 37.9 Å². The van der Waals surface area contributed by atoms with Crippen LogP contribution in [-0.4, -0.2) is 17.0 Å². The maximum atomic E-state index is 6.30. The van der Waals surface area contributed by atoms with Gasteiger partial charge in [-0.05, 0) is 22.6 Å². The number of hydrogen-bond donors (Lipinski definition) is 3. The number of rotatable bonds is 0. The zero-order chi connectivity index (χ0) is 12.8. The van der Waals surface area contributed by atoms with Gasteiger partial charge < -0.3 is 11.1 Å². The van der Waals surface area contributed by atoms with Gasteiger partial charge in [0.25, 0.3) is 0 Å².